The minimum Gasteiger partial charge on any atom is -0.388 e. The predicted molar refractivity (Wildman–Crippen MR) is 66.3 cm³/mol. The second kappa shape index (κ2) is 4.40. The average Bonchev–Trinajstić information content (AvgIpc) is 2.53. The molecule has 94 valence electrons. The zero-order valence-corrected chi connectivity index (χ0v) is 10.4. The van der Waals surface area contributed by atoms with Crippen LogP contribution in [0.25, 0.3) is 0 Å². The van der Waals surface area contributed by atoms with Crippen molar-refractivity contribution in [3.8, 4) is 0 Å². The standard InChI is InChI=1S/C12H17NO3S/c13-8-11-4-2-1-3-10(11)7-12(14)5-6-17(15,16)9-12/h1-4,14H,5-9,13H2. The second-order valence-electron chi connectivity index (χ2n) is 4.72. The van der Waals surface area contributed by atoms with Crippen LogP contribution in [0.5, 0.6) is 0 Å². The average molecular weight is 255 g/mol. The molecule has 1 saturated heterocycles. The molecule has 3 N–H and O–H groups in total. The van der Waals surface area contributed by atoms with E-state index in [1.54, 1.807) is 0 Å². The van der Waals surface area contributed by atoms with E-state index in [1.165, 1.54) is 0 Å². The fourth-order valence-electron chi connectivity index (χ4n) is 2.32. The normalized spacial score (nSPS) is 27.2. The number of hydrogen-bond acceptors (Lipinski definition) is 4. The Kier molecular flexibility index (Phi) is 3.25. The summed E-state index contributed by atoms with van der Waals surface area (Å²) in [5.41, 5.74) is 6.40. The molecule has 1 aromatic rings. The van der Waals surface area contributed by atoms with E-state index in [0.29, 0.717) is 19.4 Å². The lowest BCUT2D eigenvalue weighted by Crippen LogP contribution is -2.33. The van der Waals surface area contributed by atoms with Crippen LogP contribution >= 0.6 is 0 Å². The predicted octanol–water partition coefficient (Wildman–Crippen LogP) is 0.237. The summed E-state index contributed by atoms with van der Waals surface area (Å²) in [6, 6.07) is 7.57. The molecule has 2 rings (SSSR count). The molecule has 0 bridgehead atoms. The Labute approximate surface area is 101 Å². The van der Waals surface area contributed by atoms with E-state index >= 15 is 0 Å². The van der Waals surface area contributed by atoms with E-state index in [2.05, 4.69) is 0 Å². The van der Waals surface area contributed by atoms with Gasteiger partial charge in [-0.25, -0.2) is 8.42 Å². The van der Waals surface area contributed by atoms with E-state index < -0.39 is 15.4 Å². The molecule has 1 unspecified atom stereocenters. The summed E-state index contributed by atoms with van der Waals surface area (Å²) in [6.07, 6.45) is 0.674. The first-order valence-electron chi connectivity index (χ1n) is 5.64. The number of benzene rings is 1. The van der Waals surface area contributed by atoms with Gasteiger partial charge in [0.25, 0.3) is 0 Å². The van der Waals surface area contributed by atoms with Crippen molar-refractivity contribution in [1.29, 1.82) is 0 Å². The molecular weight excluding hydrogens is 238 g/mol. The highest BCUT2D eigenvalue weighted by atomic mass is 32.2. The first-order chi connectivity index (χ1) is 7.94. The molecule has 1 heterocycles. The molecule has 1 aromatic carbocycles. The molecule has 1 aliphatic rings. The van der Waals surface area contributed by atoms with Crippen LogP contribution in [0.3, 0.4) is 0 Å². The minimum absolute atomic E-state index is 0.0777. The van der Waals surface area contributed by atoms with Crippen molar-refractivity contribution in [1.82, 2.24) is 0 Å². The Balaban J connectivity index is 2.21. The Morgan fingerprint density at radius 3 is 2.47 bits per heavy atom. The number of sulfone groups is 1. The van der Waals surface area contributed by atoms with Gasteiger partial charge in [0.1, 0.15) is 0 Å². The van der Waals surface area contributed by atoms with Gasteiger partial charge in [0, 0.05) is 13.0 Å². The first kappa shape index (κ1) is 12.5. The van der Waals surface area contributed by atoms with Crippen LogP contribution in [-0.4, -0.2) is 30.6 Å². The van der Waals surface area contributed by atoms with Gasteiger partial charge in [0.05, 0.1) is 17.1 Å². The topological polar surface area (TPSA) is 80.4 Å². The molecule has 0 spiro atoms. The van der Waals surface area contributed by atoms with Gasteiger partial charge >= 0.3 is 0 Å². The van der Waals surface area contributed by atoms with Crippen molar-refractivity contribution in [2.24, 2.45) is 5.73 Å². The SMILES string of the molecule is NCc1ccccc1CC1(O)CCS(=O)(=O)C1. The molecule has 1 aliphatic heterocycles. The Hall–Kier alpha value is -0.910. The van der Waals surface area contributed by atoms with Gasteiger partial charge in [0.15, 0.2) is 9.84 Å². The zero-order valence-electron chi connectivity index (χ0n) is 9.59. The van der Waals surface area contributed by atoms with E-state index in [0.717, 1.165) is 11.1 Å². The van der Waals surface area contributed by atoms with Crippen LogP contribution in [0.4, 0.5) is 0 Å². The molecule has 0 saturated carbocycles. The Morgan fingerprint density at radius 1 is 1.29 bits per heavy atom. The number of rotatable bonds is 3. The van der Waals surface area contributed by atoms with Crippen molar-refractivity contribution >= 4 is 9.84 Å². The van der Waals surface area contributed by atoms with E-state index in [4.69, 9.17) is 5.73 Å². The molecule has 1 atom stereocenters. The summed E-state index contributed by atoms with van der Waals surface area (Å²) in [7, 11) is -3.07. The van der Waals surface area contributed by atoms with Crippen LogP contribution in [0.1, 0.15) is 17.5 Å². The summed E-state index contributed by atoms with van der Waals surface area (Å²) in [6.45, 7) is 0.402. The fourth-order valence-corrected chi connectivity index (χ4v) is 4.22. The number of aliphatic hydroxyl groups is 1. The largest absolute Gasteiger partial charge is 0.388 e. The summed E-state index contributed by atoms with van der Waals surface area (Å²) in [4.78, 5) is 0. The lowest BCUT2D eigenvalue weighted by Gasteiger charge is -2.22. The maximum absolute atomic E-state index is 11.4. The molecular formula is C12H17NO3S. The molecule has 17 heavy (non-hydrogen) atoms. The van der Waals surface area contributed by atoms with Crippen LogP contribution in [0, 0.1) is 0 Å². The highest BCUT2D eigenvalue weighted by Crippen LogP contribution is 2.28. The summed E-state index contributed by atoms with van der Waals surface area (Å²) in [5.74, 6) is -0.0623. The summed E-state index contributed by atoms with van der Waals surface area (Å²) < 4.78 is 22.8. The van der Waals surface area contributed by atoms with Crippen LogP contribution < -0.4 is 5.73 Å². The van der Waals surface area contributed by atoms with Gasteiger partial charge in [-0.05, 0) is 17.5 Å². The highest BCUT2D eigenvalue weighted by Gasteiger charge is 2.40. The van der Waals surface area contributed by atoms with E-state index in [1.807, 2.05) is 24.3 Å². The fraction of sp³-hybridized carbons (Fsp3) is 0.500. The van der Waals surface area contributed by atoms with Crippen molar-refractivity contribution in [3.05, 3.63) is 35.4 Å². The van der Waals surface area contributed by atoms with Gasteiger partial charge in [-0.15, -0.1) is 0 Å². The quantitative estimate of drug-likeness (QED) is 0.810. The number of hydrogen-bond donors (Lipinski definition) is 2. The van der Waals surface area contributed by atoms with Crippen molar-refractivity contribution < 1.29 is 13.5 Å². The van der Waals surface area contributed by atoms with Gasteiger partial charge in [0.2, 0.25) is 0 Å². The second-order valence-corrected chi connectivity index (χ2v) is 6.90. The van der Waals surface area contributed by atoms with Crippen LogP contribution in [0.15, 0.2) is 24.3 Å². The van der Waals surface area contributed by atoms with Gasteiger partial charge in [-0.2, -0.15) is 0 Å². The first-order valence-corrected chi connectivity index (χ1v) is 7.46. The maximum atomic E-state index is 11.4. The molecule has 0 aliphatic carbocycles. The third-order valence-corrected chi connectivity index (χ3v) is 5.03. The van der Waals surface area contributed by atoms with Gasteiger partial charge < -0.3 is 10.8 Å². The van der Waals surface area contributed by atoms with E-state index in [9.17, 15) is 13.5 Å². The summed E-state index contributed by atoms with van der Waals surface area (Å²) >= 11 is 0. The lowest BCUT2D eigenvalue weighted by molar-refractivity contribution is 0.0680. The van der Waals surface area contributed by atoms with Crippen molar-refractivity contribution in [2.45, 2.75) is 25.0 Å². The monoisotopic (exact) mass is 255 g/mol. The maximum Gasteiger partial charge on any atom is 0.153 e. The molecule has 0 radical (unpaired) electrons. The Bertz CT molecular complexity index is 512. The lowest BCUT2D eigenvalue weighted by atomic mass is 9.91. The van der Waals surface area contributed by atoms with Gasteiger partial charge in [-0.1, -0.05) is 24.3 Å². The van der Waals surface area contributed by atoms with Gasteiger partial charge in [-0.3, -0.25) is 0 Å². The van der Waals surface area contributed by atoms with Crippen molar-refractivity contribution in [3.63, 3.8) is 0 Å². The smallest absolute Gasteiger partial charge is 0.153 e. The molecule has 1 fully saturated rings. The molecule has 5 heteroatoms. The molecule has 0 amide bonds. The highest BCUT2D eigenvalue weighted by molar-refractivity contribution is 7.91. The third-order valence-electron chi connectivity index (χ3n) is 3.22. The minimum atomic E-state index is -3.07. The number of nitrogens with two attached hydrogens (primary N) is 1. The molecule has 4 nitrogen and oxygen atoms in total. The Morgan fingerprint density at radius 2 is 1.94 bits per heavy atom. The third kappa shape index (κ3) is 2.86. The van der Waals surface area contributed by atoms with Crippen molar-refractivity contribution in [2.75, 3.05) is 11.5 Å². The summed E-state index contributed by atoms with van der Waals surface area (Å²) in [5, 5.41) is 10.3. The van der Waals surface area contributed by atoms with Crippen LogP contribution in [0.2, 0.25) is 0 Å². The zero-order chi connectivity index (χ0) is 12.5. The van der Waals surface area contributed by atoms with E-state index in [-0.39, 0.29) is 11.5 Å². The van der Waals surface area contributed by atoms with Crippen LogP contribution in [-0.2, 0) is 22.8 Å². The molecule has 0 aromatic heterocycles.